The number of carbonyl (C=O) groups is 1. The van der Waals surface area contributed by atoms with E-state index in [2.05, 4.69) is 20.6 Å². The first-order chi connectivity index (χ1) is 17.2. The van der Waals surface area contributed by atoms with Crippen molar-refractivity contribution >= 4 is 45.0 Å². The van der Waals surface area contributed by atoms with Gasteiger partial charge in [0.05, 0.1) is 16.6 Å². The van der Waals surface area contributed by atoms with Gasteiger partial charge in [-0.3, -0.25) is 9.59 Å². The van der Waals surface area contributed by atoms with Crippen molar-refractivity contribution in [2.45, 2.75) is 25.9 Å². The molecule has 0 unspecified atom stereocenters. The summed E-state index contributed by atoms with van der Waals surface area (Å²) in [6.07, 6.45) is 5.98. The van der Waals surface area contributed by atoms with Gasteiger partial charge in [0, 0.05) is 47.0 Å². The normalized spacial score (nSPS) is 14.1. The van der Waals surface area contributed by atoms with Crippen LogP contribution in [0.15, 0.2) is 95.9 Å². The summed E-state index contributed by atoms with van der Waals surface area (Å²) < 4.78 is 4.47. The lowest BCUT2D eigenvalue weighted by Gasteiger charge is -2.15. The third-order valence-electron chi connectivity index (χ3n) is 6.78. The van der Waals surface area contributed by atoms with Crippen molar-refractivity contribution in [3.63, 3.8) is 0 Å². The summed E-state index contributed by atoms with van der Waals surface area (Å²) in [5.41, 5.74) is 5.58. The lowest BCUT2D eigenvalue weighted by Crippen LogP contribution is -2.12. The molecule has 5 heteroatoms. The van der Waals surface area contributed by atoms with E-state index in [0.717, 1.165) is 64.7 Å². The second-order valence-corrected chi connectivity index (χ2v) is 8.91. The van der Waals surface area contributed by atoms with Gasteiger partial charge in [-0.1, -0.05) is 42.5 Å². The van der Waals surface area contributed by atoms with Gasteiger partial charge in [-0.05, 0) is 61.4 Å². The molecule has 0 fully saturated rings. The number of carbonyl (C=O) groups excluding carboxylic acids is 1. The van der Waals surface area contributed by atoms with E-state index in [1.807, 2.05) is 91.0 Å². The Kier molecular flexibility index (Phi) is 5.30. The van der Waals surface area contributed by atoms with Crippen LogP contribution < -0.4 is 10.7 Å². The SMILES string of the molecule is O=C1Nc2ccccc2/C1=C/c1cccn1CCCCn1c2ccccc2c(=O)c2ccccc21. The van der Waals surface area contributed by atoms with Crippen molar-refractivity contribution < 1.29 is 4.79 Å². The van der Waals surface area contributed by atoms with Gasteiger partial charge in [-0.25, -0.2) is 0 Å². The molecule has 2 aromatic heterocycles. The topological polar surface area (TPSA) is 56.0 Å². The summed E-state index contributed by atoms with van der Waals surface area (Å²) in [5, 5.41) is 4.47. The van der Waals surface area contributed by atoms with Crippen LogP contribution in [0.3, 0.4) is 0 Å². The smallest absolute Gasteiger partial charge is 0.256 e. The highest BCUT2D eigenvalue weighted by molar-refractivity contribution is 6.34. The molecule has 0 spiro atoms. The lowest BCUT2D eigenvalue weighted by molar-refractivity contribution is -0.110. The zero-order valence-electron chi connectivity index (χ0n) is 19.3. The first-order valence-corrected chi connectivity index (χ1v) is 12.0. The Morgan fingerprint density at radius 2 is 1.37 bits per heavy atom. The predicted octanol–water partition coefficient (Wildman–Crippen LogP) is 5.93. The van der Waals surface area contributed by atoms with E-state index in [1.54, 1.807) is 0 Å². The van der Waals surface area contributed by atoms with Gasteiger partial charge in [-0.2, -0.15) is 0 Å². The number of nitrogens with zero attached hydrogens (tertiary/aromatic N) is 2. The fraction of sp³-hybridized carbons (Fsp3) is 0.133. The van der Waals surface area contributed by atoms with E-state index in [9.17, 15) is 9.59 Å². The van der Waals surface area contributed by atoms with Gasteiger partial charge in [0.15, 0.2) is 5.43 Å². The fourth-order valence-electron chi connectivity index (χ4n) is 5.06. The number of para-hydroxylation sites is 3. The van der Waals surface area contributed by atoms with E-state index in [4.69, 9.17) is 0 Å². The van der Waals surface area contributed by atoms with Crippen molar-refractivity contribution in [3.8, 4) is 0 Å². The largest absolute Gasteiger partial charge is 0.348 e. The highest BCUT2D eigenvalue weighted by Gasteiger charge is 2.23. The minimum atomic E-state index is -0.0593. The summed E-state index contributed by atoms with van der Waals surface area (Å²) in [4.78, 5) is 25.5. The van der Waals surface area contributed by atoms with Crippen molar-refractivity contribution in [2.75, 3.05) is 5.32 Å². The number of pyridine rings is 1. The van der Waals surface area contributed by atoms with Crippen LogP contribution in [0.1, 0.15) is 24.1 Å². The number of anilines is 1. The zero-order chi connectivity index (χ0) is 23.8. The van der Waals surface area contributed by atoms with Crippen LogP contribution in [0.4, 0.5) is 5.69 Å². The third-order valence-corrected chi connectivity index (χ3v) is 6.78. The molecule has 3 heterocycles. The van der Waals surface area contributed by atoms with Crippen LogP contribution in [0.25, 0.3) is 33.5 Å². The monoisotopic (exact) mass is 459 g/mol. The summed E-state index contributed by atoms with van der Waals surface area (Å²) in [6.45, 7) is 1.68. The minimum absolute atomic E-state index is 0.0593. The van der Waals surface area contributed by atoms with Crippen molar-refractivity contribution in [2.24, 2.45) is 0 Å². The molecule has 1 aliphatic rings. The maximum Gasteiger partial charge on any atom is 0.256 e. The molecule has 5 nitrogen and oxygen atoms in total. The Labute approximate surface area is 202 Å². The summed E-state index contributed by atoms with van der Waals surface area (Å²) in [6, 6.07) is 27.6. The number of hydrogen-bond acceptors (Lipinski definition) is 2. The maximum absolute atomic E-state index is 13.0. The van der Waals surface area contributed by atoms with Crippen LogP contribution in [0.2, 0.25) is 0 Å². The van der Waals surface area contributed by atoms with Crippen LogP contribution in [0.5, 0.6) is 0 Å². The molecule has 0 radical (unpaired) electrons. The summed E-state index contributed by atoms with van der Waals surface area (Å²) in [7, 11) is 0. The van der Waals surface area contributed by atoms with E-state index in [-0.39, 0.29) is 11.3 Å². The second kappa shape index (κ2) is 8.76. The molecule has 0 saturated heterocycles. The highest BCUT2D eigenvalue weighted by Crippen LogP contribution is 2.32. The van der Waals surface area contributed by atoms with Crippen molar-refractivity contribution in [3.05, 3.63) is 113 Å². The van der Waals surface area contributed by atoms with Crippen molar-refractivity contribution in [1.29, 1.82) is 0 Å². The average molecular weight is 460 g/mol. The molecule has 1 amide bonds. The molecule has 6 rings (SSSR count). The van der Waals surface area contributed by atoms with Gasteiger partial charge in [0.25, 0.3) is 5.91 Å². The molecule has 172 valence electrons. The molecule has 1 N–H and O–H groups in total. The number of aromatic nitrogens is 2. The van der Waals surface area contributed by atoms with E-state index >= 15 is 0 Å². The van der Waals surface area contributed by atoms with E-state index in [0.29, 0.717) is 5.57 Å². The highest BCUT2D eigenvalue weighted by atomic mass is 16.2. The number of hydrogen-bond donors (Lipinski definition) is 1. The van der Waals surface area contributed by atoms with Crippen molar-refractivity contribution in [1.82, 2.24) is 9.13 Å². The quantitative estimate of drug-likeness (QED) is 0.194. The third kappa shape index (κ3) is 3.75. The maximum atomic E-state index is 13.0. The van der Waals surface area contributed by atoms with Crippen LogP contribution >= 0.6 is 0 Å². The standard InChI is InChI=1S/C30H25N3O2/c34-29-23-12-2-5-15-27(23)33(28-16-6-3-13-24(28)29)19-8-7-17-32-18-9-10-21(32)20-25-22-11-1-4-14-26(22)31-30(25)35/h1-6,9-16,18,20H,7-8,17,19H2,(H,31,35)/b25-20-. The molecule has 0 bridgehead atoms. The summed E-state index contributed by atoms with van der Waals surface area (Å²) in [5.74, 6) is -0.0593. The van der Waals surface area contributed by atoms with Crippen LogP contribution in [0, 0.1) is 0 Å². The molecular formula is C30H25N3O2. The predicted molar refractivity (Wildman–Crippen MR) is 142 cm³/mol. The van der Waals surface area contributed by atoms with Gasteiger partial charge in [0.2, 0.25) is 0 Å². The van der Waals surface area contributed by atoms with Gasteiger partial charge in [0.1, 0.15) is 0 Å². The number of unbranched alkanes of at least 4 members (excludes halogenated alkanes) is 1. The molecule has 0 aliphatic carbocycles. The minimum Gasteiger partial charge on any atom is -0.348 e. The Bertz CT molecular complexity index is 1610. The number of nitrogens with one attached hydrogen (secondary N) is 1. The number of benzene rings is 3. The van der Waals surface area contributed by atoms with Crippen LogP contribution in [-0.2, 0) is 17.9 Å². The second-order valence-electron chi connectivity index (χ2n) is 8.91. The number of aryl methyl sites for hydroxylation is 2. The van der Waals surface area contributed by atoms with E-state index < -0.39 is 0 Å². The van der Waals surface area contributed by atoms with Crippen LogP contribution in [-0.4, -0.2) is 15.0 Å². The Morgan fingerprint density at radius 3 is 2.14 bits per heavy atom. The molecule has 0 saturated carbocycles. The van der Waals surface area contributed by atoms with E-state index in [1.165, 1.54) is 0 Å². The molecule has 1 aliphatic heterocycles. The average Bonchev–Trinajstić information content (AvgIpc) is 3.47. The molecule has 5 aromatic rings. The fourth-order valence-corrected chi connectivity index (χ4v) is 5.06. The number of rotatable bonds is 6. The summed E-state index contributed by atoms with van der Waals surface area (Å²) >= 11 is 0. The Morgan fingerprint density at radius 1 is 0.714 bits per heavy atom. The molecule has 0 atom stereocenters. The molecule has 35 heavy (non-hydrogen) atoms. The Balaban J connectivity index is 1.22. The first kappa shape index (κ1) is 21.2. The van der Waals surface area contributed by atoms with Gasteiger partial charge < -0.3 is 14.5 Å². The first-order valence-electron chi connectivity index (χ1n) is 12.0. The Hall–Kier alpha value is -4.38. The number of fused-ring (bicyclic) bond motifs is 3. The lowest BCUT2D eigenvalue weighted by atomic mass is 10.1. The molecular weight excluding hydrogens is 434 g/mol. The van der Waals surface area contributed by atoms with Gasteiger partial charge in [-0.15, -0.1) is 0 Å². The van der Waals surface area contributed by atoms with Gasteiger partial charge >= 0.3 is 0 Å². The zero-order valence-corrected chi connectivity index (χ0v) is 19.3. The molecule has 3 aromatic carbocycles. The number of amides is 1.